The lowest BCUT2D eigenvalue weighted by Gasteiger charge is -2.26. The molecule has 3 nitrogen and oxygen atoms in total. The Bertz CT molecular complexity index is 404. The van der Waals surface area contributed by atoms with Crippen molar-refractivity contribution in [3.8, 4) is 0 Å². The van der Waals surface area contributed by atoms with Gasteiger partial charge in [0, 0.05) is 29.8 Å². The molecule has 0 aliphatic carbocycles. The molecule has 2 heterocycles. The molecule has 1 aromatic rings. The van der Waals surface area contributed by atoms with Crippen LogP contribution >= 0.6 is 15.9 Å². The Kier molecular flexibility index (Phi) is 4.62. The number of halogens is 1. The Hall–Kier alpha value is -0.610. The first-order valence-corrected chi connectivity index (χ1v) is 7.56. The van der Waals surface area contributed by atoms with E-state index < -0.39 is 0 Å². The van der Waals surface area contributed by atoms with Crippen molar-refractivity contribution in [2.24, 2.45) is 0 Å². The Morgan fingerprint density at radius 2 is 2.17 bits per heavy atom. The molecular weight excluding hydrogens is 290 g/mol. The van der Waals surface area contributed by atoms with Gasteiger partial charge in [-0.15, -0.1) is 0 Å². The molecule has 0 amide bonds. The van der Waals surface area contributed by atoms with E-state index in [-0.39, 0.29) is 0 Å². The predicted octanol–water partition coefficient (Wildman–Crippen LogP) is 3.07. The Balaban J connectivity index is 2.06. The third-order valence-electron chi connectivity index (χ3n) is 3.85. The van der Waals surface area contributed by atoms with Crippen molar-refractivity contribution in [1.29, 1.82) is 0 Å². The highest BCUT2D eigenvalue weighted by molar-refractivity contribution is 9.10. The lowest BCUT2D eigenvalue weighted by molar-refractivity contribution is 0.232. The summed E-state index contributed by atoms with van der Waals surface area (Å²) in [6.45, 7) is 11.1. The SMILES string of the molecule is CCN(CC)C1CCN(c2cc(C)c(Br)cn2)C1. The molecule has 0 bridgehead atoms. The summed E-state index contributed by atoms with van der Waals surface area (Å²) in [4.78, 5) is 9.48. The zero-order valence-corrected chi connectivity index (χ0v) is 13.1. The molecule has 1 aliphatic heterocycles. The van der Waals surface area contributed by atoms with E-state index in [0.717, 1.165) is 36.5 Å². The Labute approximate surface area is 118 Å². The molecule has 100 valence electrons. The predicted molar refractivity (Wildman–Crippen MR) is 80.2 cm³/mol. The number of nitrogens with zero attached hydrogens (tertiary/aromatic N) is 3. The number of aromatic nitrogens is 1. The fourth-order valence-corrected chi connectivity index (χ4v) is 2.90. The highest BCUT2D eigenvalue weighted by Gasteiger charge is 2.26. The molecule has 1 fully saturated rings. The number of aryl methyl sites for hydroxylation is 1. The van der Waals surface area contributed by atoms with E-state index in [9.17, 15) is 0 Å². The minimum Gasteiger partial charge on any atom is -0.355 e. The zero-order valence-electron chi connectivity index (χ0n) is 11.5. The van der Waals surface area contributed by atoms with Crippen LogP contribution in [0.15, 0.2) is 16.7 Å². The number of likely N-dealkylation sites (N-methyl/N-ethyl adjacent to an activating group) is 1. The quantitative estimate of drug-likeness (QED) is 0.852. The third kappa shape index (κ3) is 2.86. The first-order chi connectivity index (χ1) is 8.65. The van der Waals surface area contributed by atoms with Crippen LogP contribution in [0.4, 0.5) is 5.82 Å². The second-order valence-corrected chi connectivity index (χ2v) is 5.76. The van der Waals surface area contributed by atoms with Gasteiger partial charge in [0.15, 0.2) is 0 Å². The fourth-order valence-electron chi connectivity index (χ4n) is 2.69. The summed E-state index contributed by atoms with van der Waals surface area (Å²) in [5.41, 5.74) is 1.26. The smallest absolute Gasteiger partial charge is 0.128 e. The van der Waals surface area contributed by atoms with Gasteiger partial charge in [0.25, 0.3) is 0 Å². The molecule has 1 aromatic heterocycles. The summed E-state index contributed by atoms with van der Waals surface area (Å²) in [6.07, 6.45) is 3.16. The second-order valence-electron chi connectivity index (χ2n) is 4.90. The van der Waals surface area contributed by atoms with Crippen LogP contribution in [0.25, 0.3) is 0 Å². The molecule has 0 spiro atoms. The standard InChI is InChI=1S/C14H22BrN3/c1-4-17(5-2)12-6-7-18(10-12)14-8-11(3)13(15)9-16-14/h8-9,12H,4-7,10H2,1-3H3. The topological polar surface area (TPSA) is 19.4 Å². The normalized spacial score (nSPS) is 19.8. The van der Waals surface area contributed by atoms with E-state index in [2.05, 4.69) is 57.6 Å². The van der Waals surface area contributed by atoms with Crippen LogP contribution in [0.1, 0.15) is 25.8 Å². The lowest BCUT2D eigenvalue weighted by Crippen LogP contribution is -2.37. The molecule has 0 N–H and O–H groups in total. The van der Waals surface area contributed by atoms with Crippen molar-refractivity contribution in [2.45, 2.75) is 33.2 Å². The first-order valence-electron chi connectivity index (χ1n) is 6.76. The highest BCUT2D eigenvalue weighted by Crippen LogP contribution is 2.24. The number of hydrogen-bond donors (Lipinski definition) is 0. The van der Waals surface area contributed by atoms with E-state index in [1.807, 2.05) is 6.20 Å². The van der Waals surface area contributed by atoms with E-state index in [4.69, 9.17) is 0 Å². The maximum absolute atomic E-state index is 4.53. The van der Waals surface area contributed by atoms with Gasteiger partial charge in [0.1, 0.15) is 5.82 Å². The number of hydrogen-bond acceptors (Lipinski definition) is 3. The molecule has 1 saturated heterocycles. The van der Waals surface area contributed by atoms with Gasteiger partial charge >= 0.3 is 0 Å². The maximum Gasteiger partial charge on any atom is 0.128 e. The molecule has 0 aromatic carbocycles. The van der Waals surface area contributed by atoms with Crippen molar-refractivity contribution in [3.05, 3.63) is 22.3 Å². The first kappa shape index (κ1) is 13.8. The van der Waals surface area contributed by atoms with Crippen molar-refractivity contribution < 1.29 is 0 Å². The molecule has 1 aliphatic rings. The van der Waals surface area contributed by atoms with E-state index in [0.29, 0.717) is 6.04 Å². The van der Waals surface area contributed by atoms with Crippen LogP contribution in [0.3, 0.4) is 0 Å². The van der Waals surface area contributed by atoms with Gasteiger partial charge in [0.2, 0.25) is 0 Å². The molecule has 1 unspecified atom stereocenters. The summed E-state index contributed by atoms with van der Waals surface area (Å²) in [5.74, 6) is 1.12. The van der Waals surface area contributed by atoms with Crippen molar-refractivity contribution >= 4 is 21.7 Å². The number of pyridine rings is 1. The number of anilines is 1. The van der Waals surface area contributed by atoms with E-state index >= 15 is 0 Å². The minimum atomic E-state index is 0.686. The summed E-state index contributed by atoms with van der Waals surface area (Å²) in [5, 5.41) is 0. The summed E-state index contributed by atoms with van der Waals surface area (Å²) >= 11 is 3.51. The van der Waals surface area contributed by atoms with Gasteiger partial charge in [-0.05, 0) is 54.0 Å². The van der Waals surface area contributed by atoms with Crippen LogP contribution < -0.4 is 4.90 Å². The molecule has 0 radical (unpaired) electrons. The van der Waals surface area contributed by atoms with Gasteiger partial charge < -0.3 is 4.90 Å². The zero-order chi connectivity index (χ0) is 13.1. The summed E-state index contributed by atoms with van der Waals surface area (Å²) in [7, 11) is 0. The van der Waals surface area contributed by atoms with Crippen molar-refractivity contribution in [2.75, 3.05) is 31.1 Å². The maximum atomic E-state index is 4.53. The van der Waals surface area contributed by atoms with Gasteiger partial charge in [-0.25, -0.2) is 4.98 Å². The van der Waals surface area contributed by atoms with Crippen molar-refractivity contribution in [1.82, 2.24) is 9.88 Å². The monoisotopic (exact) mass is 311 g/mol. The number of rotatable bonds is 4. The van der Waals surface area contributed by atoms with Gasteiger partial charge in [-0.3, -0.25) is 4.90 Å². The molecule has 4 heteroatoms. The molecule has 2 rings (SSSR count). The van der Waals surface area contributed by atoms with Gasteiger partial charge in [-0.2, -0.15) is 0 Å². The summed E-state index contributed by atoms with van der Waals surface area (Å²) < 4.78 is 1.09. The Morgan fingerprint density at radius 3 is 2.78 bits per heavy atom. The second kappa shape index (κ2) is 6.02. The largest absolute Gasteiger partial charge is 0.355 e. The highest BCUT2D eigenvalue weighted by atomic mass is 79.9. The average molecular weight is 312 g/mol. The Morgan fingerprint density at radius 1 is 1.44 bits per heavy atom. The van der Waals surface area contributed by atoms with Crippen LogP contribution in [-0.2, 0) is 0 Å². The van der Waals surface area contributed by atoms with Crippen molar-refractivity contribution in [3.63, 3.8) is 0 Å². The van der Waals surface area contributed by atoms with E-state index in [1.165, 1.54) is 12.0 Å². The van der Waals surface area contributed by atoms with Gasteiger partial charge in [-0.1, -0.05) is 13.8 Å². The summed E-state index contributed by atoms with van der Waals surface area (Å²) in [6, 6.07) is 2.86. The lowest BCUT2D eigenvalue weighted by atomic mass is 10.2. The van der Waals surface area contributed by atoms with Crippen LogP contribution in [0.5, 0.6) is 0 Å². The molecule has 1 atom stereocenters. The van der Waals surface area contributed by atoms with E-state index in [1.54, 1.807) is 0 Å². The fraction of sp³-hybridized carbons (Fsp3) is 0.643. The van der Waals surface area contributed by atoms with Crippen LogP contribution in [-0.4, -0.2) is 42.1 Å². The van der Waals surface area contributed by atoms with Gasteiger partial charge in [0.05, 0.1) is 0 Å². The van der Waals surface area contributed by atoms with Crippen LogP contribution in [0, 0.1) is 6.92 Å². The molecule has 18 heavy (non-hydrogen) atoms. The molecular formula is C14H22BrN3. The average Bonchev–Trinajstić information content (AvgIpc) is 2.84. The molecule has 0 saturated carbocycles. The third-order valence-corrected chi connectivity index (χ3v) is 4.68. The van der Waals surface area contributed by atoms with Crippen LogP contribution in [0.2, 0.25) is 0 Å². The minimum absolute atomic E-state index is 0.686.